The van der Waals surface area contributed by atoms with Gasteiger partial charge in [0.05, 0.1) is 13.2 Å². The lowest BCUT2D eigenvalue weighted by molar-refractivity contribution is 0.281. The largest absolute Gasteiger partial charge is 0.490 e. The number of hydrogen-bond donors (Lipinski definition) is 1. The van der Waals surface area contributed by atoms with Crippen LogP contribution in [0.3, 0.4) is 0 Å². The van der Waals surface area contributed by atoms with Gasteiger partial charge in [-0.2, -0.15) is 0 Å². The lowest BCUT2D eigenvalue weighted by Gasteiger charge is -2.12. The number of nitrogens with one attached hydrogen (secondary N) is 1. The molecule has 0 radical (unpaired) electrons. The van der Waals surface area contributed by atoms with Gasteiger partial charge in [-0.25, -0.2) is 0 Å². The molecule has 0 aliphatic heterocycles. The zero-order valence-electron chi connectivity index (χ0n) is 11.4. The zero-order chi connectivity index (χ0) is 13.2. The van der Waals surface area contributed by atoms with Crippen LogP contribution in [0, 0.1) is 11.8 Å². The molecule has 1 aromatic rings. The summed E-state index contributed by atoms with van der Waals surface area (Å²) in [6, 6.07) is 6.01. The summed E-state index contributed by atoms with van der Waals surface area (Å²) < 4.78 is 11.3. The average molecular weight is 247 g/mol. The molecule has 0 unspecified atom stereocenters. The molecule has 0 fully saturated rings. The molecule has 18 heavy (non-hydrogen) atoms. The van der Waals surface area contributed by atoms with Crippen molar-refractivity contribution in [2.24, 2.45) is 0 Å². The Labute approximate surface area is 109 Å². The minimum Gasteiger partial charge on any atom is -0.490 e. The van der Waals surface area contributed by atoms with Gasteiger partial charge in [-0.15, -0.1) is 11.8 Å². The second kappa shape index (κ2) is 8.43. The quantitative estimate of drug-likeness (QED) is 0.593. The first kappa shape index (κ1) is 14.4. The van der Waals surface area contributed by atoms with Crippen LogP contribution in [0.4, 0.5) is 0 Å². The van der Waals surface area contributed by atoms with Gasteiger partial charge < -0.3 is 14.8 Å². The Balaban J connectivity index is 2.71. The summed E-state index contributed by atoms with van der Waals surface area (Å²) in [6.07, 6.45) is 0.736. The van der Waals surface area contributed by atoms with Crippen molar-refractivity contribution < 1.29 is 9.47 Å². The molecule has 0 aliphatic rings. The maximum Gasteiger partial charge on any atom is 0.161 e. The molecule has 98 valence electrons. The summed E-state index contributed by atoms with van der Waals surface area (Å²) in [7, 11) is 1.92. The van der Waals surface area contributed by atoms with Crippen LogP contribution in [0.2, 0.25) is 0 Å². The van der Waals surface area contributed by atoms with Crippen molar-refractivity contribution in [1.29, 1.82) is 0 Å². The molecule has 0 saturated carbocycles. The molecule has 0 amide bonds. The van der Waals surface area contributed by atoms with E-state index in [9.17, 15) is 0 Å². The Morgan fingerprint density at radius 3 is 2.72 bits per heavy atom. The van der Waals surface area contributed by atoms with Crippen LogP contribution >= 0.6 is 0 Å². The van der Waals surface area contributed by atoms with Crippen molar-refractivity contribution in [1.82, 2.24) is 5.32 Å². The number of rotatable bonds is 7. The van der Waals surface area contributed by atoms with Crippen molar-refractivity contribution in [3.63, 3.8) is 0 Å². The second-order valence-electron chi connectivity index (χ2n) is 3.77. The summed E-state index contributed by atoms with van der Waals surface area (Å²) in [6.45, 7) is 5.84. The van der Waals surface area contributed by atoms with Gasteiger partial charge in [0.2, 0.25) is 0 Å². The maximum atomic E-state index is 5.68. The van der Waals surface area contributed by atoms with Crippen LogP contribution in [0.5, 0.6) is 11.5 Å². The molecular formula is C15H21NO2. The van der Waals surface area contributed by atoms with Gasteiger partial charge in [-0.05, 0) is 38.6 Å². The van der Waals surface area contributed by atoms with Crippen molar-refractivity contribution in [2.75, 3.05) is 20.3 Å². The maximum absolute atomic E-state index is 5.68. The highest BCUT2D eigenvalue weighted by Gasteiger charge is 2.05. The fraction of sp³-hybridized carbons (Fsp3) is 0.467. The molecule has 3 nitrogen and oxygen atoms in total. The summed E-state index contributed by atoms with van der Waals surface area (Å²) >= 11 is 0. The Morgan fingerprint density at radius 2 is 2.06 bits per heavy atom. The van der Waals surface area contributed by atoms with E-state index in [1.807, 2.05) is 39.1 Å². The van der Waals surface area contributed by atoms with Gasteiger partial charge >= 0.3 is 0 Å². The minimum absolute atomic E-state index is 0.590. The zero-order valence-corrected chi connectivity index (χ0v) is 11.4. The van der Waals surface area contributed by atoms with Crippen molar-refractivity contribution in [3.8, 4) is 23.3 Å². The molecule has 0 bridgehead atoms. The Kier molecular flexibility index (Phi) is 6.75. The van der Waals surface area contributed by atoms with E-state index < -0.39 is 0 Å². The van der Waals surface area contributed by atoms with E-state index in [0.717, 1.165) is 24.5 Å². The van der Waals surface area contributed by atoms with E-state index in [1.54, 1.807) is 0 Å². The van der Waals surface area contributed by atoms with Gasteiger partial charge in [0.1, 0.15) is 0 Å². The highest BCUT2D eigenvalue weighted by atomic mass is 16.5. The van der Waals surface area contributed by atoms with E-state index in [-0.39, 0.29) is 0 Å². The minimum atomic E-state index is 0.590. The third-order valence-corrected chi connectivity index (χ3v) is 2.35. The molecule has 1 aromatic carbocycles. The van der Waals surface area contributed by atoms with E-state index >= 15 is 0 Å². The average Bonchev–Trinajstić information content (AvgIpc) is 2.37. The number of benzene rings is 1. The van der Waals surface area contributed by atoms with E-state index in [1.165, 1.54) is 5.56 Å². The highest BCUT2D eigenvalue weighted by molar-refractivity contribution is 5.43. The molecule has 0 aliphatic carbocycles. The molecule has 0 aromatic heterocycles. The van der Waals surface area contributed by atoms with Crippen molar-refractivity contribution in [2.45, 2.75) is 26.8 Å². The topological polar surface area (TPSA) is 30.5 Å². The summed E-state index contributed by atoms with van der Waals surface area (Å²) in [5.74, 6) is 7.41. The van der Waals surface area contributed by atoms with Gasteiger partial charge in [0.25, 0.3) is 0 Å². The van der Waals surface area contributed by atoms with Crippen molar-refractivity contribution >= 4 is 0 Å². The number of hydrogen-bond acceptors (Lipinski definition) is 3. The molecule has 0 atom stereocenters. The first-order valence-corrected chi connectivity index (χ1v) is 6.24. The molecule has 3 heteroatoms. The normalized spacial score (nSPS) is 9.50. The first-order chi connectivity index (χ1) is 8.81. The first-order valence-electron chi connectivity index (χ1n) is 6.24. The fourth-order valence-corrected chi connectivity index (χ4v) is 1.59. The van der Waals surface area contributed by atoms with Crippen LogP contribution in [0.25, 0.3) is 0 Å². The van der Waals surface area contributed by atoms with Gasteiger partial charge in [-0.1, -0.05) is 6.07 Å². The summed E-state index contributed by atoms with van der Waals surface area (Å²) in [5.41, 5.74) is 1.18. The fourth-order valence-electron chi connectivity index (χ4n) is 1.59. The van der Waals surface area contributed by atoms with E-state index in [0.29, 0.717) is 13.2 Å². The van der Waals surface area contributed by atoms with Crippen LogP contribution in [-0.4, -0.2) is 20.3 Å². The van der Waals surface area contributed by atoms with Crippen LogP contribution < -0.4 is 14.8 Å². The molecule has 1 rings (SSSR count). The Hall–Kier alpha value is -1.66. The smallest absolute Gasteiger partial charge is 0.161 e. The SMILES string of the molecule is CC#CCCOc1ccc(CNC)cc1OCC. The third-order valence-electron chi connectivity index (χ3n) is 2.35. The van der Waals surface area contributed by atoms with Crippen LogP contribution in [0.15, 0.2) is 18.2 Å². The lowest BCUT2D eigenvalue weighted by atomic mass is 10.2. The lowest BCUT2D eigenvalue weighted by Crippen LogP contribution is -2.06. The highest BCUT2D eigenvalue weighted by Crippen LogP contribution is 2.28. The predicted octanol–water partition coefficient (Wildman–Crippen LogP) is 2.60. The number of ether oxygens (including phenoxy) is 2. The monoisotopic (exact) mass is 247 g/mol. The standard InChI is InChI=1S/C15H21NO2/c1-4-6-7-10-18-14-9-8-13(12-16-3)11-15(14)17-5-2/h8-9,11,16H,5,7,10,12H2,1-3H3. The third kappa shape index (κ3) is 4.68. The Bertz CT molecular complexity index is 418. The molecule has 0 heterocycles. The summed E-state index contributed by atoms with van der Waals surface area (Å²) in [4.78, 5) is 0. The van der Waals surface area contributed by atoms with Crippen molar-refractivity contribution in [3.05, 3.63) is 23.8 Å². The van der Waals surface area contributed by atoms with Gasteiger partial charge in [0, 0.05) is 13.0 Å². The predicted molar refractivity (Wildman–Crippen MR) is 73.9 cm³/mol. The molecule has 0 saturated heterocycles. The van der Waals surface area contributed by atoms with Gasteiger partial charge in [-0.3, -0.25) is 0 Å². The van der Waals surface area contributed by atoms with Crippen LogP contribution in [-0.2, 0) is 6.54 Å². The van der Waals surface area contributed by atoms with Gasteiger partial charge in [0.15, 0.2) is 11.5 Å². The Morgan fingerprint density at radius 1 is 1.22 bits per heavy atom. The van der Waals surface area contributed by atoms with Crippen LogP contribution in [0.1, 0.15) is 25.8 Å². The second-order valence-corrected chi connectivity index (χ2v) is 3.77. The summed E-state index contributed by atoms with van der Waals surface area (Å²) in [5, 5.41) is 3.12. The molecule has 1 N–H and O–H groups in total. The van der Waals surface area contributed by atoms with E-state index in [4.69, 9.17) is 9.47 Å². The molecular weight excluding hydrogens is 226 g/mol. The molecule has 0 spiro atoms. The van der Waals surface area contributed by atoms with E-state index in [2.05, 4.69) is 17.2 Å².